The van der Waals surface area contributed by atoms with E-state index in [1.807, 2.05) is 5.48 Å². The first kappa shape index (κ1) is 13.4. The Bertz CT molecular complexity index is 274. The van der Waals surface area contributed by atoms with Gasteiger partial charge < -0.3 is 10.8 Å². The molecule has 0 heterocycles. The first-order valence-corrected chi connectivity index (χ1v) is 4.18. The highest BCUT2D eigenvalue weighted by Gasteiger charge is 2.30. The van der Waals surface area contributed by atoms with E-state index in [4.69, 9.17) is 10.8 Å². The van der Waals surface area contributed by atoms with Gasteiger partial charge in [0.1, 0.15) is 0 Å². The van der Waals surface area contributed by atoms with Gasteiger partial charge in [-0.25, -0.2) is 5.48 Å². The molecule has 0 radical (unpaired) electrons. The van der Waals surface area contributed by atoms with E-state index in [2.05, 4.69) is 4.84 Å². The van der Waals surface area contributed by atoms with Crippen molar-refractivity contribution < 1.29 is 24.3 Å². The number of aliphatic carboxylic acids is 1. The maximum Gasteiger partial charge on any atom is 0.309 e. The first-order chi connectivity index (χ1) is 6.75. The third-order valence-electron chi connectivity index (χ3n) is 1.58. The number of hydroxylamine groups is 1. The van der Waals surface area contributed by atoms with Crippen molar-refractivity contribution in [2.75, 3.05) is 6.61 Å². The molecule has 0 bridgehead atoms. The number of nitrogens with one attached hydrogen (secondary N) is 1. The van der Waals surface area contributed by atoms with Crippen LogP contribution in [0, 0.1) is 5.41 Å². The molecule has 0 saturated heterocycles. The van der Waals surface area contributed by atoms with Gasteiger partial charge in [0.05, 0.1) is 5.41 Å². The molecule has 0 rings (SSSR count). The lowest BCUT2D eigenvalue weighted by molar-refractivity contribution is -0.152. The van der Waals surface area contributed by atoms with Gasteiger partial charge in [0.2, 0.25) is 11.8 Å². The summed E-state index contributed by atoms with van der Waals surface area (Å²) in [6, 6.07) is 0. The minimum absolute atomic E-state index is 0.249. The van der Waals surface area contributed by atoms with Gasteiger partial charge in [-0.2, -0.15) is 0 Å². The Labute approximate surface area is 86.5 Å². The summed E-state index contributed by atoms with van der Waals surface area (Å²) in [6.45, 7) is 2.37. The van der Waals surface area contributed by atoms with Crippen LogP contribution in [0.4, 0.5) is 0 Å². The van der Waals surface area contributed by atoms with Crippen LogP contribution in [0.3, 0.4) is 0 Å². The lowest BCUT2D eigenvalue weighted by atomic mass is 9.89. The van der Waals surface area contributed by atoms with Gasteiger partial charge >= 0.3 is 5.97 Å². The molecule has 0 aromatic heterocycles. The molecule has 0 atom stereocenters. The van der Waals surface area contributed by atoms with E-state index in [-0.39, 0.29) is 6.42 Å². The van der Waals surface area contributed by atoms with Crippen LogP contribution in [0.2, 0.25) is 0 Å². The average molecular weight is 218 g/mol. The smallest absolute Gasteiger partial charge is 0.309 e. The van der Waals surface area contributed by atoms with Crippen molar-refractivity contribution in [1.29, 1.82) is 0 Å². The van der Waals surface area contributed by atoms with Crippen molar-refractivity contribution >= 4 is 17.8 Å². The predicted molar refractivity (Wildman–Crippen MR) is 49.3 cm³/mol. The molecule has 0 aromatic carbocycles. The van der Waals surface area contributed by atoms with Crippen LogP contribution in [-0.2, 0) is 19.2 Å². The topological polar surface area (TPSA) is 119 Å². The highest BCUT2D eigenvalue weighted by atomic mass is 16.7. The highest BCUT2D eigenvalue weighted by molar-refractivity contribution is 5.84. The molecule has 0 aliphatic rings. The molecule has 7 heteroatoms. The first-order valence-electron chi connectivity index (χ1n) is 4.18. The fraction of sp³-hybridized carbons (Fsp3) is 0.625. The Hall–Kier alpha value is -1.63. The molecular formula is C8H14N2O5. The van der Waals surface area contributed by atoms with E-state index >= 15 is 0 Å². The van der Waals surface area contributed by atoms with Crippen molar-refractivity contribution in [3.63, 3.8) is 0 Å². The largest absolute Gasteiger partial charge is 0.481 e. The fourth-order valence-corrected chi connectivity index (χ4v) is 0.701. The SMILES string of the molecule is CC(C)(CC(=O)NOCC(N)=O)C(=O)O. The van der Waals surface area contributed by atoms with Gasteiger partial charge in [-0.05, 0) is 13.8 Å². The number of carbonyl (C=O) groups excluding carboxylic acids is 2. The second-order valence-electron chi connectivity index (χ2n) is 3.65. The summed E-state index contributed by atoms with van der Waals surface area (Å²) in [7, 11) is 0. The minimum Gasteiger partial charge on any atom is -0.481 e. The molecule has 0 aliphatic carbocycles. The molecule has 0 spiro atoms. The number of rotatable bonds is 6. The third-order valence-corrected chi connectivity index (χ3v) is 1.58. The highest BCUT2D eigenvalue weighted by Crippen LogP contribution is 2.19. The minimum atomic E-state index is -1.18. The number of amides is 2. The Kier molecular flexibility index (Phi) is 4.72. The summed E-state index contributed by atoms with van der Waals surface area (Å²) in [5.74, 6) is -2.44. The second-order valence-corrected chi connectivity index (χ2v) is 3.65. The molecule has 0 aliphatic heterocycles. The van der Waals surface area contributed by atoms with Gasteiger partial charge in [0.25, 0.3) is 0 Å². The van der Waals surface area contributed by atoms with Crippen molar-refractivity contribution in [3.8, 4) is 0 Å². The summed E-state index contributed by atoms with van der Waals surface area (Å²) in [5, 5.41) is 8.71. The maximum atomic E-state index is 11.1. The summed E-state index contributed by atoms with van der Waals surface area (Å²) in [4.78, 5) is 36.4. The van der Waals surface area contributed by atoms with Gasteiger partial charge in [-0.3, -0.25) is 19.2 Å². The monoisotopic (exact) mass is 218 g/mol. The molecular weight excluding hydrogens is 204 g/mol. The summed E-state index contributed by atoms with van der Waals surface area (Å²) in [5.41, 5.74) is 5.49. The van der Waals surface area contributed by atoms with Crippen molar-refractivity contribution in [2.24, 2.45) is 11.1 Å². The average Bonchev–Trinajstić information content (AvgIpc) is 2.01. The van der Waals surface area contributed by atoms with Crippen LogP contribution >= 0.6 is 0 Å². The molecule has 15 heavy (non-hydrogen) atoms. The lowest BCUT2D eigenvalue weighted by Crippen LogP contribution is -2.35. The number of nitrogens with two attached hydrogens (primary N) is 1. The zero-order chi connectivity index (χ0) is 12.1. The van der Waals surface area contributed by atoms with E-state index in [9.17, 15) is 14.4 Å². The molecule has 86 valence electrons. The van der Waals surface area contributed by atoms with E-state index in [0.717, 1.165) is 0 Å². The molecule has 7 nitrogen and oxygen atoms in total. The molecule has 2 amide bonds. The van der Waals surface area contributed by atoms with Crippen LogP contribution in [0.25, 0.3) is 0 Å². The third kappa shape index (κ3) is 5.63. The number of carboxylic acid groups (broad SMARTS) is 1. The summed E-state index contributed by atoms with van der Waals surface area (Å²) < 4.78 is 0. The second kappa shape index (κ2) is 5.30. The van der Waals surface area contributed by atoms with E-state index in [1.54, 1.807) is 0 Å². The Morgan fingerprint density at radius 1 is 1.40 bits per heavy atom. The van der Waals surface area contributed by atoms with Crippen molar-refractivity contribution in [2.45, 2.75) is 20.3 Å². The van der Waals surface area contributed by atoms with Crippen LogP contribution < -0.4 is 11.2 Å². The van der Waals surface area contributed by atoms with Crippen LogP contribution in [-0.4, -0.2) is 29.5 Å². The van der Waals surface area contributed by atoms with E-state index in [0.29, 0.717) is 0 Å². The van der Waals surface area contributed by atoms with Crippen LogP contribution in [0.1, 0.15) is 20.3 Å². The van der Waals surface area contributed by atoms with Crippen LogP contribution in [0.15, 0.2) is 0 Å². The molecule has 0 fully saturated rings. The standard InChI is InChI=1S/C8H14N2O5/c1-8(2,7(13)14)3-6(12)10-15-4-5(9)11/h3-4H2,1-2H3,(H2,9,11)(H,10,12)(H,13,14). The number of hydrogen-bond acceptors (Lipinski definition) is 4. The molecule has 0 unspecified atom stereocenters. The Balaban J connectivity index is 3.94. The molecule has 0 aromatic rings. The maximum absolute atomic E-state index is 11.1. The quantitative estimate of drug-likeness (QED) is 0.495. The number of primary amides is 1. The molecule has 0 saturated carbocycles. The van der Waals surface area contributed by atoms with Crippen LogP contribution in [0.5, 0.6) is 0 Å². The zero-order valence-corrected chi connectivity index (χ0v) is 8.57. The number of carbonyl (C=O) groups is 3. The van der Waals surface area contributed by atoms with Gasteiger partial charge in [0.15, 0.2) is 6.61 Å². The van der Waals surface area contributed by atoms with Gasteiger partial charge in [0, 0.05) is 6.42 Å². The lowest BCUT2D eigenvalue weighted by Gasteiger charge is -2.17. The fourth-order valence-electron chi connectivity index (χ4n) is 0.701. The van der Waals surface area contributed by atoms with Crippen molar-refractivity contribution in [3.05, 3.63) is 0 Å². The predicted octanol–water partition coefficient (Wildman–Crippen LogP) is -0.980. The molecule has 4 N–H and O–H groups in total. The zero-order valence-electron chi connectivity index (χ0n) is 8.57. The number of carboxylic acids is 1. The number of hydrogen-bond donors (Lipinski definition) is 3. The van der Waals surface area contributed by atoms with E-state index < -0.39 is 29.8 Å². The van der Waals surface area contributed by atoms with Crippen molar-refractivity contribution in [1.82, 2.24) is 5.48 Å². The van der Waals surface area contributed by atoms with Gasteiger partial charge in [-0.15, -0.1) is 0 Å². The van der Waals surface area contributed by atoms with Gasteiger partial charge in [-0.1, -0.05) is 0 Å². The normalized spacial score (nSPS) is 10.8. The summed E-state index contributed by atoms with van der Waals surface area (Å²) >= 11 is 0. The summed E-state index contributed by atoms with van der Waals surface area (Å²) in [6.07, 6.45) is -0.249. The Morgan fingerprint density at radius 2 is 1.93 bits per heavy atom. The Morgan fingerprint density at radius 3 is 2.33 bits per heavy atom. The van der Waals surface area contributed by atoms with E-state index in [1.165, 1.54) is 13.8 Å².